The minimum atomic E-state index is 0.651. The topological polar surface area (TPSA) is 34.2 Å². The number of thiazole rings is 1. The van der Waals surface area contributed by atoms with E-state index in [4.69, 9.17) is 4.74 Å². The first-order chi connectivity index (χ1) is 7.34. The second kappa shape index (κ2) is 5.58. The van der Waals surface area contributed by atoms with Crippen LogP contribution in [0.2, 0.25) is 0 Å². The van der Waals surface area contributed by atoms with E-state index in [1.807, 2.05) is 0 Å². The van der Waals surface area contributed by atoms with Crippen molar-refractivity contribution in [1.82, 2.24) is 10.3 Å². The van der Waals surface area contributed by atoms with Crippen LogP contribution >= 0.6 is 11.3 Å². The van der Waals surface area contributed by atoms with Crippen LogP contribution in [0.3, 0.4) is 0 Å². The molecule has 1 fully saturated rings. The Morgan fingerprint density at radius 2 is 2.33 bits per heavy atom. The molecule has 1 aromatic rings. The Kier molecular flexibility index (Phi) is 4.11. The van der Waals surface area contributed by atoms with Gasteiger partial charge in [0.2, 0.25) is 0 Å². The summed E-state index contributed by atoms with van der Waals surface area (Å²) in [5.41, 5.74) is 1.22. The summed E-state index contributed by atoms with van der Waals surface area (Å²) < 4.78 is 5.32. The van der Waals surface area contributed by atoms with Crippen molar-refractivity contribution >= 4 is 11.3 Å². The molecule has 1 N–H and O–H groups in total. The number of aromatic nitrogens is 1. The van der Waals surface area contributed by atoms with Crippen LogP contribution in [-0.4, -0.2) is 30.8 Å². The number of hydrogen-bond acceptors (Lipinski definition) is 4. The van der Waals surface area contributed by atoms with Gasteiger partial charge in [-0.25, -0.2) is 4.98 Å². The first-order valence-corrected chi connectivity index (χ1v) is 6.44. The molecule has 0 aliphatic carbocycles. The molecule has 1 aliphatic rings. The lowest BCUT2D eigenvalue weighted by molar-refractivity contribution is 0.0782. The van der Waals surface area contributed by atoms with Gasteiger partial charge in [-0.05, 0) is 19.8 Å². The fourth-order valence-electron chi connectivity index (χ4n) is 1.83. The minimum absolute atomic E-state index is 0.651. The van der Waals surface area contributed by atoms with Crippen LogP contribution in [0, 0.1) is 6.92 Å². The lowest BCUT2D eigenvalue weighted by atomic mass is 10.1. The Bertz CT molecular complexity index is 295. The van der Waals surface area contributed by atoms with Crippen LogP contribution in [-0.2, 0) is 11.2 Å². The van der Waals surface area contributed by atoms with Crippen molar-refractivity contribution < 1.29 is 4.74 Å². The highest BCUT2D eigenvalue weighted by atomic mass is 32.1. The number of hydrogen-bond donors (Lipinski definition) is 1. The van der Waals surface area contributed by atoms with Crippen molar-refractivity contribution in [3.63, 3.8) is 0 Å². The average Bonchev–Trinajstić information content (AvgIpc) is 2.66. The Morgan fingerprint density at radius 3 is 3.00 bits per heavy atom. The van der Waals surface area contributed by atoms with Gasteiger partial charge in [0.15, 0.2) is 0 Å². The summed E-state index contributed by atoms with van der Waals surface area (Å²) >= 11 is 1.73. The van der Waals surface area contributed by atoms with Gasteiger partial charge in [-0.1, -0.05) is 0 Å². The SMILES string of the molecule is Cc1nc(CCNC2CCOCC2)cs1. The maximum atomic E-state index is 5.32. The molecule has 1 saturated heterocycles. The summed E-state index contributed by atoms with van der Waals surface area (Å²) in [7, 11) is 0. The van der Waals surface area contributed by atoms with E-state index in [1.165, 1.54) is 5.69 Å². The molecule has 0 unspecified atom stereocenters. The fourth-order valence-corrected chi connectivity index (χ4v) is 2.48. The van der Waals surface area contributed by atoms with Crippen LogP contribution in [0.15, 0.2) is 5.38 Å². The summed E-state index contributed by atoms with van der Waals surface area (Å²) in [5, 5.41) is 6.88. The van der Waals surface area contributed by atoms with E-state index >= 15 is 0 Å². The molecule has 0 saturated carbocycles. The van der Waals surface area contributed by atoms with E-state index in [2.05, 4.69) is 22.6 Å². The molecule has 15 heavy (non-hydrogen) atoms. The summed E-state index contributed by atoms with van der Waals surface area (Å²) in [4.78, 5) is 4.45. The summed E-state index contributed by atoms with van der Waals surface area (Å²) in [6.07, 6.45) is 3.34. The average molecular weight is 226 g/mol. The monoisotopic (exact) mass is 226 g/mol. The van der Waals surface area contributed by atoms with Crippen molar-refractivity contribution in [2.24, 2.45) is 0 Å². The molecular weight excluding hydrogens is 208 g/mol. The first-order valence-electron chi connectivity index (χ1n) is 5.57. The van der Waals surface area contributed by atoms with E-state index in [0.29, 0.717) is 6.04 Å². The predicted molar refractivity (Wildman–Crippen MR) is 62.4 cm³/mol. The van der Waals surface area contributed by atoms with Crippen LogP contribution in [0.5, 0.6) is 0 Å². The minimum Gasteiger partial charge on any atom is -0.381 e. The Morgan fingerprint density at radius 1 is 1.53 bits per heavy atom. The maximum Gasteiger partial charge on any atom is 0.0897 e. The maximum absolute atomic E-state index is 5.32. The van der Waals surface area contributed by atoms with Gasteiger partial charge in [0.25, 0.3) is 0 Å². The predicted octanol–water partition coefficient (Wildman–Crippen LogP) is 1.76. The highest BCUT2D eigenvalue weighted by molar-refractivity contribution is 7.09. The zero-order valence-corrected chi connectivity index (χ0v) is 9.98. The number of aryl methyl sites for hydroxylation is 1. The van der Waals surface area contributed by atoms with E-state index in [-0.39, 0.29) is 0 Å². The second-order valence-electron chi connectivity index (χ2n) is 3.95. The van der Waals surface area contributed by atoms with Crippen LogP contribution < -0.4 is 5.32 Å². The Hall–Kier alpha value is -0.450. The van der Waals surface area contributed by atoms with E-state index in [1.54, 1.807) is 11.3 Å². The van der Waals surface area contributed by atoms with Gasteiger partial charge in [0.1, 0.15) is 0 Å². The van der Waals surface area contributed by atoms with Gasteiger partial charge in [-0.2, -0.15) is 0 Å². The first kappa shape index (κ1) is 11.0. The van der Waals surface area contributed by atoms with Crippen molar-refractivity contribution in [2.75, 3.05) is 19.8 Å². The molecule has 0 amide bonds. The number of nitrogens with one attached hydrogen (secondary N) is 1. The van der Waals surface area contributed by atoms with Gasteiger partial charge >= 0.3 is 0 Å². The van der Waals surface area contributed by atoms with E-state index < -0.39 is 0 Å². The molecule has 1 aliphatic heterocycles. The summed E-state index contributed by atoms with van der Waals surface area (Å²) in [5.74, 6) is 0. The molecule has 4 heteroatoms. The van der Waals surface area contributed by atoms with Crippen molar-refractivity contribution in [3.8, 4) is 0 Å². The van der Waals surface area contributed by atoms with Gasteiger partial charge < -0.3 is 10.1 Å². The summed E-state index contributed by atoms with van der Waals surface area (Å²) in [6.45, 7) is 4.91. The molecular formula is C11H18N2OS. The normalized spacial score (nSPS) is 18.2. The molecule has 0 atom stereocenters. The molecule has 0 aromatic carbocycles. The zero-order chi connectivity index (χ0) is 10.5. The van der Waals surface area contributed by atoms with Gasteiger partial charge in [-0.3, -0.25) is 0 Å². The highest BCUT2D eigenvalue weighted by Gasteiger charge is 2.12. The van der Waals surface area contributed by atoms with Crippen LogP contribution in [0.25, 0.3) is 0 Å². The van der Waals surface area contributed by atoms with Gasteiger partial charge in [-0.15, -0.1) is 11.3 Å². The van der Waals surface area contributed by atoms with Gasteiger partial charge in [0, 0.05) is 37.6 Å². The van der Waals surface area contributed by atoms with E-state index in [0.717, 1.165) is 44.0 Å². The van der Waals surface area contributed by atoms with Crippen LogP contribution in [0.1, 0.15) is 23.5 Å². The Balaban J connectivity index is 1.65. The molecule has 84 valence electrons. The quantitative estimate of drug-likeness (QED) is 0.849. The third-order valence-corrected chi connectivity index (χ3v) is 3.52. The van der Waals surface area contributed by atoms with E-state index in [9.17, 15) is 0 Å². The molecule has 2 heterocycles. The van der Waals surface area contributed by atoms with Crippen molar-refractivity contribution in [1.29, 1.82) is 0 Å². The summed E-state index contributed by atoms with van der Waals surface area (Å²) in [6, 6.07) is 0.651. The van der Waals surface area contributed by atoms with Gasteiger partial charge in [0.05, 0.1) is 10.7 Å². The molecule has 3 nitrogen and oxygen atoms in total. The molecule has 1 aromatic heterocycles. The third kappa shape index (κ3) is 3.55. The standard InChI is InChI=1S/C11H18N2OS/c1-9-13-11(8-15-9)2-5-12-10-3-6-14-7-4-10/h8,10,12H,2-7H2,1H3. The molecule has 0 radical (unpaired) electrons. The third-order valence-electron chi connectivity index (χ3n) is 2.70. The van der Waals surface area contributed by atoms with Crippen molar-refractivity contribution in [2.45, 2.75) is 32.2 Å². The lowest BCUT2D eigenvalue weighted by Crippen LogP contribution is -2.35. The van der Waals surface area contributed by atoms with Crippen molar-refractivity contribution in [3.05, 3.63) is 16.1 Å². The fraction of sp³-hybridized carbons (Fsp3) is 0.727. The molecule has 0 bridgehead atoms. The Labute approximate surface area is 94.9 Å². The lowest BCUT2D eigenvalue weighted by Gasteiger charge is -2.22. The molecule has 0 spiro atoms. The number of rotatable bonds is 4. The number of ether oxygens (including phenoxy) is 1. The second-order valence-corrected chi connectivity index (χ2v) is 5.01. The zero-order valence-electron chi connectivity index (χ0n) is 9.16. The largest absolute Gasteiger partial charge is 0.381 e. The molecule has 2 rings (SSSR count). The smallest absolute Gasteiger partial charge is 0.0897 e. The highest BCUT2D eigenvalue weighted by Crippen LogP contribution is 2.09. The van der Waals surface area contributed by atoms with Crippen LogP contribution in [0.4, 0.5) is 0 Å². The number of nitrogens with zero attached hydrogens (tertiary/aromatic N) is 1.